The van der Waals surface area contributed by atoms with Gasteiger partial charge < -0.3 is 9.36 Å². The Balaban J connectivity index is 2.48. The highest BCUT2D eigenvalue weighted by molar-refractivity contribution is 5.75. The van der Waals surface area contributed by atoms with Crippen LogP contribution in [0.2, 0.25) is 0 Å². The lowest BCUT2D eigenvalue weighted by Gasteiger charge is -2.05. The van der Waals surface area contributed by atoms with E-state index in [1.54, 1.807) is 17.7 Å². The molecule has 0 aromatic carbocycles. The largest absolute Gasteiger partial charge is 0.315 e. The highest BCUT2D eigenvalue weighted by Crippen LogP contribution is 1.99. The number of carbonyl (C=O) groups is 1. The van der Waals surface area contributed by atoms with Crippen LogP contribution in [0.1, 0.15) is 31.7 Å². The SMILES string of the molecule is CC(=O)CCCCn1cccc(C)c1=O. The van der Waals surface area contributed by atoms with Crippen LogP contribution in [-0.2, 0) is 11.3 Å². The Hall–Kier alpha value is -1.38. The molecule has 0 bridgehead atoms. The van der Waals surface area contributed by atoms with Crippen LogP contribution in [0.4, 0.5) is 0 Å². The fraction of sp³-hybridized carbons (Fsp3) is 0.500. The van der Waals surface area contributed by atoms with E-state index in [0.717, 1.165) is 18.4 Å². The third-order valence-electron chi connectivity index (χ3n) is 2.39. The zero-order chi connectivity index (χ0) is 11.3. The molecule has 3 heteroatoms. The van der Waals surface area contributed by atoms with Crippen LogP contribution in [0, 0.1) is 6.92 Å². The number of Topliss-reactive ketones (excluding diaryl/α,β-unsaturated/α-hetero) is 1. The smallest absolute Gasteiger partial charge is 0.253 e. The molecule has 0 aliphatic heterocycles. The molecule has 0 N–H and O–H groups in total. The summed E-state index contributed by atoms with van der Waals surface area (Å²) in [6, 6.07) is 3.69. The lowest BCUT2D eigenvalue weighted by molar-refractivity contribution is -0.117. The maximum absolute atomic E-state index is 11.6. The lowest BCUT2D eigenvalue weighted by Crippen LogP contribution is -2.21. The summed E-state index contributed by atoms with van der Waals surface area (Å²) in [5, 5.41) is 0. The number of hydrogen-bond donors (Lipinski definition) is 0. The van der Waals surface area contributed by atoms with E-state index in [9.17, 15) is 9.59 Å². The van der Waals surface area contributed by atoms with Gasteiger partial charge in [0.2, 0.25) is 0 Å². The molecule has 0 atom stereocenters. The number of carbonyl (C=O) groups excluding carboxylic acids is 1. The van der Waals surface area contributed by atoms with E-state index < -0.39 is 0 Å². The molecule has 3 nitrogen and oxygen atoms in total. The van der Waals surface area contributed by atoms with Gasteiger partial charge in [0, 0.05) is 24.7 Å². The van der Waals surface area contributed by atoms with Crippen molar-refractivity contribution in [3.63, 3.8) is 0 Å². The van der Waals surface area contributed by atoms with Gasteiger partial charge in [-0.1, -0.05) is 6.07 Å². The number of unbranched alkanes of at least 4 members (excludes halogenated alkanes) is 1. The molecule has 0 saturated carbocycles. The third kappa shape index (κ3) is 3.70. The Morgan fingerprint density at radius 2 is 2.13 bits per heavy atom. The summed E-state index contributed by atoms with van der Waals surface area (Å²) in [6.07, 6.45) is 4.14. The quantitative estimate of drug-likeness (QED) is 0.692. The van der Waals surface area contributed by atoms with Crippen molar-refractivity contribution in [2.24, 2.45) is 0 Å². The monoisotopic (exact) mass is 207 g/mol. The van der Waals surface area contributed by atoms with Crippen molar-refractivity contribution < 1.29 is 4.79 Å². The number of hydrogen-bond acceptors (Lipinski definition) is 2. The Labute approximate surface area is 89.7 Å². The molecule has 0 aliphatic carbocycles. The first-order chi connectivity index (χ1) is 7.11. The van der Waals surface area contributed by atoms with Crippen LogP contribution >= 0.6 is 0 Å². The van der Waals surface area contributed by atoms with Crippen molar-refractivity contribution in [1.82, 2.24) is 4.57 Å². The maximum Gasteiger partial charge on any atom is 0.253 e. The number of ketones is 1. The fourth-order valence-corrected chi connectivity index (χ4v) is 1.49. The van der Waals surface area contributed by atoms with Crippen LogP contribution in [-0.4, -0.2) is 10.4 Å². The van der Waals surface area contributed by atoms with E-state index in [2.05, 4.69) is 0 Å². The van der Waals surface area contributed by atoms with Gasteiger partial charge in [-0.3, -0.25) is 4.79 Å². The molecule has 0 fully saturated rings. The van der Waals surface area contributed by atoms with E-state index in [4.69, 9.17) is 0 Å². The second kappa shape index (κ2) is 5.49. The fourth-order valence-electron chi connectivity index (χ4n) is 1.49. The van der Waals surface area contributed by atoms with Gasteiger partial charge in [0.25, 0.3) is 5.56 Å². The molecular weight excluding hydrogens is 190 g/mol. The minimum absolute atomic E-state index is 0.0697. The van der Waals surface area contributed by atoms with E-state index in [1.807, 2.05) is 19.1 Å². The molecule has 0 unspecified atom stereocenters. The van der Waals surface area contributed by atoms with Gasteiger partial charge in [0.15, 0.2) is 0 Å². The minimum Gasteiger partial charge on any atom is -0.315 e. The summed E-state index contributed by atoms with van der Waals surface area (Å²) in [5.41, 5.74) is 0.837. The van der Waals surface area contributed by atoms with E-state index in [1.165, 1.54) is 0 Å². The standard InChI is InChI=1S/C12H17NO2/c1-10-6-5-9-13(12(10)15)8-4-3-7-11(2)14/h5-6,9H,3-4,7-8H2,1-2H3. The predicted octanol–water partition coefficient (Wildman–Crippen LogP) is 1.92. The zero-order valence-corrected chi connectivity index (χ0v) is 9.32. The molecule has 1 aromatic rings. The van der Waals surface area contributed by atoms with Crippen molar-refractivity contribution >= 4 is 5.78 Å². The van der Waals surface area contributed by atoms with Gasteiger partial charge in [-0.15, -0.1) is 0 Å². The van der Waals surface area contributed by atoms with Crippen LogP contribution in [0.15, 0.2) is 23.1 Å². The highest BCUT2D eigenvalue weighted by Gasteiger charge is 1.98. The molecule has 0 radical (unpaired) electrons. The van der Waals surface area contributed by atoms with Crippen LogP contribution in [0.5, 0.6) is 0 Å². The number of aryl methyl sites for hydroxylation is 2. The summed E-state index contributed by atoms with van der Waals surface area (Å²) < 4.78 is 1.70. The zero-order valence-electron chi connectivity index (χ0n) is 9.32. The van der Waals surface area contributed by atoms with Crippen molar-refractivity contribution in [3.8, 4) is 0 Å². The Morgan fingerprint density at radius 3 is 2.80 bits per heavy atom. The van der Waals surface area contributed by atoms with Crippen molar-refractivity contribution in [2.75, 3.05) is 0 Å². The first-order valence-electron chi connectivity index (χ1n) is 5.27. The predicted molar refractivity (Wildman–Crippen MR) is 60.0 cm³/mol. The number of pyridine rings is 1. The van der Waals surface area contributed by atoms with E-state index in [-0.39, 0.29) is 11.3 Å². The van der Waals surface area contributed by atoms with E-state index >= 15 is 0 Å². The van der Waals surface area contributed by atoms with Crippen LogP contribution in [0.3, 0.4) is 0 Å². The first kappa shape index (κ1) is 11.7. The topological polar surface area (TPSA) is 39.1 Å². The molecule has 0 saturated heterocycles. The summed E-state index contributed by atoms with van der Waals surface area (Å²) in [6.45, 7) is 4.11. The average molecular weight is 207 g/mol. The Bertz CT molecular complexity index is 393. The van der Waals surface area contributed by atoms with Crippen molar-refractivity contribution in [2.45, 2.75) is 39.7 Å². The summed E-state index contributed by atoms with van der Waals surface area (Å²) in [4.78, 5) is 22.3. The second-order valence-electron chi connectivity index (χ2n) is 3.85. The Kier molecular flexibility index (Phi) is 4.28. The van der Waals surface area contributed by atoms with Crippen LogP contribution < -0.4 is 5.56 Å². The summed E-state index contributed by atoms with van der Waals surface area (Å²) >= 11 is 0. The molecule has 0 spiro atoms. The third-order valence-corrected chi connectivity index (χ3v) is 2.39. The normalized spacial score (nSPS) is 10.3. The van der Waals surface area contributed by atoms with Gasteiger partial charge in [0.1, 0.15) is 5.78 Å². The molecule has 82 valence electrons. The van der Waals surface area contributed by atoms with E-state index in [0.29, 0.717) is 13.0 Å². The molecule has 0 amide bonds. The second-order valence-corrected chi connectivity index (χ2v) is 3.85. The highest BCUT2D eigenvalue weighted by atomic mass is 16.1. The van der Waals surface area contributed by atoms with Crippen molar-refractivity contribution in [3.05, 3.63) is 34.2 Å². The van der Waals surface area contributed by atoms with Gasteiger partial charge in [-0.2, -0.15) is 0 Å². The van der Waals surface area contributed by atoms with Gasteiger partial charge in [-0.25, -0.2) is 0 Å². The number of rotatable bonds is 5. The van der Waals surface area contributed by atoms with Crippen molar-refractivity contribution in [1.29, 1.82) is 0 Å². The summed E-state index contributed by atoms with van der Waals surface area (Å²) in [7, 11) is 0. The molecular formula is C12H17NO2. The number of nitrogens with zero attached hydrogens (tertiary/aromatic N) is 1. The Morgan fingerprint density at radius 1 is 1.40 bits per heavy atom. The molecule has 1 heterocycles. The van der Waals surface area contributed by atoms with Crippen LogP contribution in [0.25, 0.3) is 0 Å². The maximum atomic E-state index is 11.6. The number of aromatic nitrogens is 1. The average Bonchev–Trinajstić information content (AvgIpc) is 2.18. The van der Waals surface area contributed by atoms with Gasteiger partial charge >= 0.3 is 0 Å². The molecule has 15 heavy (non-hydrogen) atoms. The molecule has 1 rings (SSSR count). The van der Waals surface area contributed by atoms with Gasteiger partial charge in [-0.05, 0) is 32.8 Å². The molecule has 1 aromatic heterocycles. The summed E-state index contributed by atoms with van der Waals surface area (Å²) in [5.74, 6) is 0.214. The molecule has 0 aliphatic rings. The lowest BCUT2D eigenvalue weighted by atomic mass is 10.2. The first-order valence-corrected chi connectivity index (χ1v) is 5.27. The minimum atomic E-state index is 0.0697. The van der Waals surface area contributed by atoms with Gasteiger partial charge in [0.05, 0.1) is 0 Å².